The van der Waals surface area contributed by atoms with Crippen molar-refractivity contribution in [2.24, 2.45) is 0 Å². The quantitative estimate of drug-likeness (QED) is 0.831. The van der Waals surface area contributed by atoms with Crippen LogP contribution in [0, 0.1) is 0 Å². The molecular formula is C11H15N5O2. The van der Waals surface area contributed by atoms with Crippen LogP contribution in [-0.2, 0) is 0 Å². The largest absolute Gasteiger partial charge is 0.312 e. The zero-order chi connectivity index (χ0) is 13.1. The molecule has 0 aliphatic heterocycles. The number of nitrogens with zero attached hydrogens (tertiary/aromatic N) is 4. The summed E-state index contributed by atoms with van der Waals surface area (Å²) < 4.78 is 1.19. The van der Waals surface area contributed by atoms with Gasteiger partial charge in [-0.25, -0.2) is 4.98 Å². The van der Waals surface area contributed by atoms with E-state index in [9.17, 15) is 9.59 Å². The van der Waals surface area contributed by atoms with Gasteiger partial charge in [0.2, 0.25) is 5.91 Å². The van der Waals surface area contributed by atoms with Crippen molar-refractivity contribution >= 4 is 16.9 Å². The van der Waals surface area contributed by atoms with Gasteiger partial charge in [0.25, 0.3) is 5.56 Å². The van der Waals surface area contributed by atoms with Gasteiger partial charge in [-0.05, 0) is 27.1 Å². The van der Waals surface area contributed by atoms with Gasteiger partial charge in [-0.2, -0.15) is 9.78 Å². The first-order valence-electron chi connectivity index (χ1n) is 5.69. The van der Waals surface area contributed by atoms with Gasteiger partial charge in [-0.15, -0.1) is 0 Å². The standard InChI is InChI=1S/C11H15N5O2/c1-15(2)5-3-4-9(17)16-10-8(6-14-16)11(18)13-7-12-10/h6-7H,3-5H2,1-2H3,(H,12,13,18). The van der Waals surface area contributed by atoms with Crippen molar-refractivity contribution in [3.8, 4) is 0 Å². The summed E-state index contributed by atoms with van der Waals surface area (Å²) in [5.41, 5.74) is 0.0287. The third-order valence-corrected chi connectivity index (χ3v) is 2.60. The first-order valence-corrected chi connectivity index (χ1v) is 5.69. The van der Waals surface area contributed by atoms with E-state index in [0.29, 0.717) is 17.5 Å². The lowest BCUT2D eigenvalue weighted by molar-refractivity contribution is 0.0886. The zero-order valence-corrected chi connectivity index (χ0v) is 10.4. The lowest BCUT2D eigenvalue weighted by Gasteiger charge is -2.08. The SMILES string of the molecule is CN(C)CCCC(=O)n1ncc2c(=O)[nH]cnc21. The number of hydrogen-bond donors (Lipinski definition) is 1. The Morgan fingerprint density at radius 2 is 2.28 bits per heavy atom. The second-order valence-electron chi connectivity index (χ2n) is 4.33. The highest BCUT2D eigenvalue weighted by Crippen LogP contribution is 2.06. The Labute approximate surface area is 103 Å². The molecule has 0 atom stereocenters. The fourth-order valence-corrected chi connectivity index (χ4v) is 1.69. The summed E-state index contributed by atoms with van der Waals surface area (Å²) in [6, 6.07) is 0. The molecule has 0 aromatic carbocycles. The average molecular weight is 249 g/mol. The van der Waals surface area contributed by atoms with Crippen molar-refractivity contribution in [2.45, 2.75) is 12.8 Å². The zero-order valence-electron chi connectivity index (χ0n) is 10.4. The molecule has 7 heteroatoms. The number of nitrogens with one attached hydrogen (secondary N) is 1. The Morgan fingerprint density at radius 1 is 1.50 bits per heavy atom. The maximum absolute atomic E-state index is 11.9. The molecule has 0 bridgehead atoms. The van der Waals surface area contributed by atoms with E-state index in [1.54, 1.807) is 0 Å². The van der Waals surface area contributed by atoms with Gasteiger partial charge in [0.15, 0.2) is 5.65 Å². The van der Waals surface area contributed by atoms with Crippen molar-refractivity contribution < 1.29 is 4.79 Å². The fourth-order valence-electron chi connectivity index (χ4n) is 1.69. The van der Waals surface area contributed by atoms with Crippen LogP contribution in [-0.4, -0.2) is 51.2 Å². The molecule has 7 nitrogen and oxygen atoms in total. The Kier molecular flexibility index (Phi) is 3.52. The van der Waals surface area contributed by atoms with E-state index < -0.39 is 0 Å². The van der Waals surface area contributed by atoms with Crippen molar-refractivity contribution in [1.29, 1.82) is 0 Å². The van der Waals surface area contributed by atoms with E-state index in [2.05, 4.69) is 15.1 Å². The van der Waals surface area contributed by atoms with Crippen LogP contribution < -0.4 is 5.56 Å². The van der Waals surface area contributed by atoms with Gasteiger partial charge < -0.3 is 9.88 Å². The molecule has 0 fully saturated rings. The van der Waals surface area contributed by atoms with Crippen LogP contribution in [0.1, 0.15) is 17.6 Å². The van der Waals surface area contributed by atoms with Crippen LogP contribution in [0.4, 0.5) is 0 Å². The molecule has 0 aliphatic rings. The second kappa shape index (κ2) is 5.09. The van der Waals surface area contributed by atoms with Crippen molar-refractivity contribution in [3.63, 3.8) is 0 Å². The topological polar surface area (TPSA) is 83.9 Å². The maximum Gasteiger partial charge on any atom is 0.261 e. The lowest BCUT2D eigenvalue weighted by atomic mass is 10.3. The number of rotatable bonds is 4. The van der Waals surface area contributed by atoms with Crippen molar-refractivity contribution in [2.75, 3.05) is 20.6 Å². The fraction of sp³-hybridized carbons (Fsp3) is 0.455. The van der Waals surface area contributed by atoms with Crippen LogP contribution in [0.3, 0.4) is 0 Å². The number of aromatic nitrogens is 4. The Balaban J connectivity index is 2.18. The molecule has 2 heterocycles. The number of H-pyrrole nitrogens is 1. The summed E-state index contributed by atoms with van der Waals surface area (Å²) in [4.78, 5) is 31.8. The number of aromatic amines is 1. The highest BCUT2D eigenvalue weighted by Gasteiger charge is 2.13. The molecule has 2 rings (SSSR count). The average Bonchev–Trinajstić information content (AvgIpc) is 2.73. The number of fused-ring (bicyclic) bond motifs is 1. The van der Waals surface area contributed by atoms with Gasteiger partial charge in [0, 0.05) is 6.42 Å². The molecule has 18 heavy (non-hydrogen) atoms. The summed E-state index contributed by atoms with van der Waals surface area (Å²) in [5.74, 6) is -0.148. The minimum Gasteiger partial charge on any atom is -0.312 e. The Morgan fingerprint density at radius 3 is 3.00 bits per heavy atom. The lowest BCUT2D eigenvalue weighted by Crippen LogP contribution is -2.18. The van der Waals surface area contributed by atoms with Gasteiger partial charge >= 0.3 is 0 Å². The maximum atomic E-state index is 11.9. The molecule has 0 radical (unpaired) electrons. The number of carbonyl (C=O) groups is 1. The summed E-state index contributed by atoms with van der Waals surface area (Å²) in [7, 11) is 3.91. The van der Waals surface area contributed by atoms with Crippen LogP contribution in [0.25, 0.3) is 11.0 Å². The Hall–Kier alpha value is -2.02. The third-order valence-electron chi connectivity index (χ3n) is 2.60. The molecule has 0 amide bonds. The molecule has 2 aromatic rings. The first kappa shape index (κ1) is 12.4. The molecule has 96 valence electrons. The molecule has 0 aliphatic carbocycles. The number of carbonyl (C=O) groups excluding carboxylic acids is 1. The van der Waals surface area contributed by atoms with E-state index in [4.69, 9.17) is 0 Å². The Bertz CT molecular complexity index is 613. The van der Waals surface area contributed by atoms with Crippen LogP contribution in [0.5, 0.6) is 0 Å². The van der Waals surface area contributed by atoms with Crippen LogP contribution >= 0.6 is 0 Å². The molecule has 0 saturated carbocycles. The molecular weight excluding hydrogens is 234 g/mol. The molecule has 1 N–H and O–H groups in total. The van der Waals surface area contributed by atoms with Crippen LogP contribution in [0.15, 0.2) is 17.3 Å². The summed E-state index contributed by atoms with van der Waals surface area (Å²) in [6.07, 6.45) is 3.76. The van der Waals surface area contributed by atoms with E-state index in [1.807, 2.05) is 19.0 Å². The molecule has 0 unspecified atom stereocenters. The van der Waals surface area contributed by atoms with Crippen molar-refractivity contribution in [1.82, 2.24) is 24.6 Å². The van der Waals surface area contributed by atoms with Gasteiger partial charge in [0.05, 0.1) is 12.5 Å². The predicted molar refractivity (Wildman–Crippen MR) is 66.6 cm³/mol. The van der Waals surface area contributed by atoms with Crippen molar-refractivity contribution in [3.05, 3.63) is 22.9 Å². The van der Waals surface area contributed by atoms with Gasteiger partial charge in [0.1, 0.15) is 5.39 Å². The second-order valence-corrected chi connectivity index (χ2v) is 4.33. The summed E-state index contributed by atoms with van der Waals surface area (Å²) >= 11 is 0. The normalized spacial score (nSPS) is 11.3. The van der Waals surface area contributed by atoms with E-state index in [1.165, 1.54) is 17.2 Å². The molecule has 2 aromatic heterocycles. The molecule has 0 saturated heterocycles. The highest BCUT2D eigenvalue weighted by atomic mass is 16.2. The predicted octanol–water partition coefficient (Wildman–Crippen LogP) is 0.102. The molecule has 0 spiro atoms. The monoisotopic (exact) mass is 249 g/mol. The van der Waals surface area contributed by atoms with Crippen LogP contribution in [0.2, 0.25) is 0 Å². The van der Waals surface area contributed by atoms with Gasteiger partial charge in [-0.3, -0.25) is 9.59 Å². The highest BCUT2D eigenvalue weighted by molar-refractivity contribution is 5.88. The van der Waals surface area contributed by atoms with E-state index in [0.717, 1.165) is 13.0 Å². The smallest absolute Gasteiger partial charge is 0.261 e. The third kappa shape index (κ3) is 2.45. The van der Waals surface area contributed by atoms with E-state index in [-0.39, 0.29) is 11.5 Å². The van der Waals surface area contributed by atoms with E-state index >= 15 is 0 Å². The first-order chi connectivity index (χ1) is 8.59. The minimum absolute atomic E-state index is 0.148. The summed E-state index contributed by atoms with van der Waals surface area (Å²) in [6.45, 7) is 0.832. The van der Waals surface area contributed by atoms with Gasteiger partial charge in [-0.1, -0.05) is 0 Å². The summed E-state index contributed by atoms with van der Waals surface area (Å²) in [5, 5.41) is 4.26. The number of hydrogen-bond acceptors (Lipinski definition) is 5. The minimum atomic E-state index is -0.285.